The Kier molecular flexibility index (Phi) is 3.72. The number of hydrogen-bond donors (Lipinski definition) is 0. The van der Waals surface area contributed by atoms with Crippen LogP contribution in [0.3, 0.4) is 0 Å². The minimum Gasteiger partial charge on any atom is -0.373 e. The Balaban J connectivity index is 2.86. The summed E-state index contributed by atoms with van der Waals surface area (Å²) in [5, 5.41) is 0. The lowest BCUT2D eigenvalue weighted by Gasteiger charge is -2.07. The van der Waals surface area contributed by atoms with Crippen molar-refractivity contribution >= 4 is 27.0 Å². The molecule has 0 aliphatic rings. The lowest BCUT2D eigenvalue weighted by molar-refractivity contribution is -0.0438. The van der Waals surface area contributed by atoms with Gasteiger partial charge in [0.05, 0.1) is 0 Å². The Morgan fingerprint density at radius 3 is 2.53 bits per heavy atom. The lowest BCUT2D eigenvalue weighted by Crippen LogP contribution is -2.21. The maximum atomic E-state index is 11.9. The van der Waals surface area contributed by atoms with Crippen molar-refractivity contribution in [3.05, 3.63) is 22.3 Å². The van der Waals surface area contributed by atoms with Crippen molar-refractivity contribution < 1.29 is 21.6 Å². The fourth-order valence-corrected chi connectivity index (χ4v) is 1.63. The van der Waals surface area contributed by atoms with Gasteiger partial charge in [-0.2, -0.15) is 13.2 Å². The molecule has 0 bridgehead atoms. The van der Waals surface area contributed by atoms with Gasteiger partial charge < -0.3 is 4.18 Å². The highest BCUT2D eigenvalue weighted by atomic mass is 79.9. The van der Waals surface area contributed by atoms with E-state index in [0.717, 1.165) is 0 Å². The molecule has 0 saturated carbocycles. The SMILES string of the molecule is Cc1cc(Br)cc(OS(=O)C(F)(F)F)n1. The van der Waals surface area contributed by atoms with E-state index < -0.39 is 16.6 Å². The molecule has 15 heavy (non-hydrogen) atoms. The van der Waals surface area contributed by atoms with Crippen LogP contribution in [0.15, 0.2) is 16.6 Å². The Morgan fingerprint density at radius 1 is 1.47 bits per heavy atom. The van der Waals surface area contributed by atoms with Crippen molar-refractivity contribution in [1.82, 2.24) is 4.98 Å². The van der Waals surface area contributed by atoms with Gasteiger partial charge >= 0.3 is 16.6 Å². The number of aryl methyl sites for hydroxylation is 1. The second kappa shape index (κ2) is 4.48. The molecular formula is C7H5BrF3NO2S. The Morgan fingerprint density at radius 2 is 2.07 bits per heavy atom. The Hall–Kier alpha value is -0.630. The van der Waals surface area contributed by atoms with Crippen LogP contribution in [0.1, 0.15) is 5.69 Å². The molecule has 3 nitrogen and oxygen atoms in total. The van der Waals surface area contributed by atoms with E-state index in [1.54, 1.807) is 13.0 Å². The Bertz CT molecular complexity index is 376. The van der Waals surface area contributed by atoms with Crippen molar-refractivity contribution in [2.75, 3.05) is 0 Å². The van der Waals surface area contributed by atoms with E-state index in [1.807, 2.05) is 0 Å². The molecule has 1 heterocycles. The number of hydrogen-bond acceptors (Lipinski definition) is 3. The molecule has 0 fully saturated rings. The fourth-order valence-electron chi connectivity index (χ4n) is 0.765. The summed E-state index contributed by atoms with van der Waals surface area (Å²) < 4.78 is 50.8. The number of pyridine rings is 1. The van der Waals surface area contributed by atoms with Gasteiger partial charge in [-0.1, -0.05) is 15.9 Å². The third kappa shape index (κ3) is 3.78. The zero-order valence-electron chi connectivity index (χ0n) is 7.34. The average molecular weight is 304 g/mol. The summed E-state index contributed by atoms with van der Waals surface area (Å²) in [5.74, 6) is -0.336. The molecule has 0 N–H and O–H groups in total. The minimum atomic E-state index is -4.90. The summed E-state index contributed by atoms with van der Waals surface area (Å²) in [6.45, 7) is 1.58. The van der Waals surface area contributed by atoms with Crippen LogP contribution in [0.25, 0.3) is 0 Å². The zero-order valence-corrected chi connectivity index (χ0v) is 9.74. The molecule has 0 spiro atoms. The quantitative estimate of drug-likeness (QED) is 0.843. The van der Waals surface area contributed by atoms with Crippen molar-refractivity contribution in [3.8, 4) is 5.88 Å². The molecule has 1 aromatic heterocycles. The maximum Gasteiger partial charge on any atom is 0.508 e. The van der Waals surface area contributed by atoms with Gasteiger partial charge in [-0.3, -0.25) is 0 Å². The normalized spacial score (nSPS) is 13.7. The van der Waals surface area contributed by atoms with Crippen LogP contribution in [-0.2, 0) is 11.1 Å². The third-order valence-electron chi connectivity index (χ3n) is 1.24. The van der Waals surface area contributed by atoms with Gasteiger partial charge in [0.2, 0.25) is 5.88 Å². The molecule has 1 aromatic rings. The van der Waals surface area contributed by atoms with Crippen LogP contribution < -0.4 is 4.18 Å². The smallest absolute Gasteiger partial charge is 0.373 e. The predicted octanol–water partition coefficient (Wildman–Crippen LogP) is 2.71. The maximum absolute atomic E-state index is 11.9. The highest BCUT2D eigenvalue weighted by Gasteiger charge is 2.40. The monoisotopic (exact) mass is 303 g/mol. The third-order valence-corrected chi connectivity index (χ3v) is 2.40. The minimum absolute atomic E-state index is 0.336. The highest BCUT2D eigenvalue weighted by Crippen LogP contribution is 2.24. The molecule has 0 saturated heterocycles. The first-order valence-corrected chi connectivity index (χ1v) is 5.47. The van der Waals surface area contributed by atoms with E-state index >= 15 is 0 Å². The van der Waals surface area contributed by atoms with E-state index in [9.17, 15) is 17.4 Å². The van der Waals surface area contributed by atoms with Crippen LogP contribution in [-0.4, -0.2) is 14.7 Å². The lowest BCUT2D eigenvalue weighted by atomic mass is 10.4. The van der Waals surface area contributed by atoms with Gasteiger partial charge in [0.15, 0.2) is 0 Å². The number of nitrogens with zero attached hydrogens (tertiary/aromatic N) is 1. The van der Waals surface area contributed by atoms with Gasteiger partial charge in [0.1, 0.15) is 0 Å². The van der Waals surface area contributed by atoms with Crippen LogP contribution in [0, 0.1) is 6.92 Å². The van der Waals surface area contributed by atoms with Gasteiger partial charge in [0, 0.05) is 16.2 Å². The predicted molar refractivity (Wildman–Crippen MR) is 51.5 cm³/mol. The van der Waals surface area contributed by atoms with Gasteiger partial charge in [-0.05, 0) is 13.0 Å². The fraction of sp³-hybridized carbons (Fsp3) is 0.286. The molecule has 1 unspecified atom stereocenters. The number of alkyl halides is 3. The zero-order chi connectivity index (χ0) is 11.6. The molecule has 1 rings (SSSR count). The van der Waals surface area contributed by atoms with Gasteiger partial charge in [0.25, 0.3) is 0 Å². The van der Waals surface area contributed by atoms with Crippen molar-refractivity contribution in [3.63, 3.8) is 0 Å². The first kappa shape index (κ1) is 12.4. The molecular weight excluding hydrogens is 299 g/mol. The molecule has 8 heteroatoms. The van der Waals surface area contributed by atoms with Crippen LogP contribution in [0.4, 0.5) is 13.2 Å². The molecule has 0 aliphatic carbocycles. The van der Waals surface area contributed by atoms with Gasteiger partial charge in [-0.25, -0.2) is 9.19 Å². The second-order valence-electron chi connectivity index (χ2n) is 2.53. The summed E-state index contributed by atoms with van der Waals surface area (Å²) in [6.07, 6.45) is 0. The number of rotatable bonds is 2. The summed E-state index contributed by atoms with van der Waals surface area (Å²) in [4.78, 5) is 3.64. The molecule has 0 aliphatic heterocycles. The molecule has 84 valence electrons. The molecule has 0 radical (unpaired) electrons. The number of aromatic nitrogens is 1. The van der Waals surface area contributed by atoms with E-state index in [0.29, 0.717) is 10.2 Å². The van der Waals surface area contributed by atoms with E-state index in [-0.39, 0.29) is 5.88 Å². The first-order chi connectivity index (χ1) is 6.79. The van der Waals surface area contributed by atoms with Crippen molar-refractivity contribution in [2.45, 2.75) is 12.4 Å². The first-order valence-electron chi connectivity index (χ1n) is 3.60. The van der Waals surface area contributed by atoms with E-state index in [1.165, 1.54) is 6.07 Å². The summed E-state index contributed by atoms with van der Waals surface area (Å²) in [6, 6.07) is 2.79. The molecule has 0 aromatic carbocycles. The highest BCUT2D eigenvalue weighted by molar-refractivity contribution is 9.10. The topological polar surface area (TPSA) is 39.2 Å². The van der Waals surface area contributed by atoms with E-state index in [4.69, 9.17) is 0 Å². The van der Waals surface area contributed by atoms with Crippen LogP contribution in [0.5, 0.6) is 5.88 Å². The summed E-state index contributed by atoms with van der Waals surface area (Å²) in [7, 11) is 0. The van der Waals surface area contributed by atoms with Crippen molar-refractivity contribution in [2.24, 2.45) is 0 Å². The number of halogens is 4. The largest absolute Gasteiger partial charge is 0.508 e. The van der Waals surface area contributed by atoms with Gasteiger partial charge in [-0.15, -0.1) is 0 Å². The van der Waals surface area contributed by atoms with Crippen LogP contribution >= 0.6 is 15.9 Å². The second-order valence-corrected chi connectivity index (χ2v) is 4.54. The Labute approximate surface area is 94.4 Å². The average Bonchev–Trinajstić information content (AvgIpc) is 1.99. The molecule has 0 amide bonds. The summed E-state index contributed by atoms with van der Waals surface area (Å²) >= 11 is -0.335. The summed E-state index contributed by atoms with van der Waals surface area (Å²) in [5.41, 5.74) is -4.45. The van der Waals surface area contributed by atoms with E-state index in [2.05, 4.69) is 25.1 Å². The van der Waals surface area contributed by atoms with Crippen molar-refractivity contribution in [1.29, 1.82) is 0 Å². The standard InChI is InChI=1S/C7H5BrF3NO2S/c1-4-2-5(8)3-6(12-4)14-15(13)7(9,10)11/h2-3H,1H3. The van der Waals surface area contributed by atoms with Crippen LogP contribution in [0.2, 0.25) is 0 Å². The molecule has 1 atom stereocenters.